The Bertz CT molecular complexity index is 1290. The van der Waals surface area contributed by atoms with E-state index in [1.54, 1.807) is 13.2 Å². The second kappa shape index (κ2) is 15.4. The first-order valence-corrected chi connectivity index (χ1v) is 13.8. The predicted octanol–water partition coefficient (Wildman–Crippen LogP) is 2.14. The number of sulfone groups is 1. The molecule has 0 spiro atoms. The van der Waals surface area contributed by atoms with E-state index in [1.807, 2.05) is 54.6 Å². The van der Waals surface area contributed by atoms with Gasteiger partial charge in [0.15, 0.2) is 9.84 Å². The van der Waals surface area contributed by atoms with Gasteiger partial charge in [-0.15, -0.1) is 12.4 Å². The van der Waals surface area contributed by atoms with Gasteiger partial charge in [-0.25, -0.2) is 8.42 Å². The number of hydrogen-bond donors (Lipinski definition) is 4. The van der Waals surface area contributed by atoms with Crippen molar-refractivity contribution in [2.45, 2.75) is 36.1 Å². The van der Waals surface area contributed by atoms with Crippen LogP contribution in [0.1, 0.15) is 11.1 Å². The molecule has 3 rings (SSSR count). The highest BCUT2D eigenvalue weighted by molar-refractivity contribution is 7.91. The van der Waals surface area contributed by atoms with Crippen molar-refractivity contribution in [3.05, 3.63) is 90.0 Å². The Balaban J connectivity index is 0.00000533. The molecule has 212 valence electrons. The Morgan fingerprint density at radius 2 is 1.49 bits per heavy atom. The summed E-state index contributed by atoms with van der Waals surface area (Å²) in [6, 6.07) is 21.8. The first-order valence-electron chi connectivity index (χ1n) is 12.1. The quantitative estimate of drug-likeness (QED) is 0.229. The van der Waals surface area contributed by atoms with Gasteiger partial charge in [0.25, 0.3) is 0 Å². The van der Waals surface area contributed by atoms with Crippen molar-refractivity contribution in [1.29, 1.82) is 0 Å². The van der Waals surface area contributed by atoms with Crippen LogP contribution in [0.3, 0.4) is 0 Å². The van der Waals surface area contributed by atoms with Crippen molar-refractivity contribution < 1.29 is 32.9 Å². The summed E-state index contributed by atoms with van der Waals surface area (Å²) in [5.41, 5.74) is 1.82. The molecule has 1 unspecified atom stereocenters. The van der Waals surface area contributed by atoms with E-state index in [2.05, 4.69) is 10.6 Å². The van der Waals surface area contributed by atoms with Crippen LogP contribution < -0.4 is 20.1 Å². The fourth-order valence-electron chi connectivity index (χ4n) is 3.89. The number of hydrogen-bond acceptors (Lipinski definition) is 8. The standard InChI is InChI=1S/C28H34N2O7S.ClH/c1-36-22-11-6-10-21(14-22)17-29-18-26(31)25(15-20-8-4-3-5-9-20)30-28(33)27(32)19-38(34,35)24-13-7-12-23(16-24)37-2;/h3-14,16,25-27,29,31-32H,15,17-19H2,1-2H3,(H,30,33);1H/t25-,26+,27?;/m0./s1. The molecule has 11 heteroatoms. The third kappa shape index (κ3) is 9.83. The number of ether oxygens (including phenoxy) is 2. The largest absolute Gasteiger partial charge is 0.497 e. The maximum absolute atomic E-state index is 12.9. The molecule has 0 heterocycles. The predicted molar refractivity (Wildman–Crippen MR) is 151 cm³/mol. The topological polar surface area (TPSA) is 134 Å². The number of halogens is 1. The highest BCUT2D eigenvalue weighted by atomic mass is 35.5. The summed E-state index contributed by atoms with van der Waals surface area (Å²) in [6.07, 6.45) is -2.57. The average molecular weight is 579 g/mol. The van der Waals surface area contributed by atoms with Crippen LogP contribution in [-0.2, 0) is 27.6 Å². The number of methoxy groups -OCH3 is 2. The Morgan fingerprint density at radius 1 is 0.872 bits per heavy atom. The van der Waals surface area contributed by atoms with Crippen LogP contribution >= 0.6 is 12.4 Å². The van der Waals surface area contributed by atoms with E-state index in [-0.39, 0.29) is 30.3 Å². The van der Waals surface area contributed by atoms with E-state index in [0.29, 0.717) is 12.3 Å². The SMILES string of the molecule is COc1cccc(CNC[C@@H](O)[C@H](Cc2ccccc2)NC(=O)C(O)CS(=O)(=O)c2cccc(OC)c2)c1.Cl. The number of benzene rings is 3. The van der Waals surface area contributed by atoms with Gasteiger partial charge in [0.1, 0.15) is 17.6 Å². The summed E-state index contributed by atoms with van der Waals surface area (Å²) in [5.74, 6) is -0.632. The molecule has 1 amide bonds. The number of aliphatic hydroxyl groups is 2. The smallest absolute Gasteiger partial charge is 0.250 e. The summed E-state index contributed by atoms with van der Waals surface area (Å²) in [6.45, 7) is 0.606. The molecule has 3 atom stereocenters. The molecule has 0 aliphatic rings. The molecule has 0 aromatic heterocycles. The van der Waals surface area contributed by atoms with Crippen molar-refractivity contribution in [3.8, 4) is 11.5 Å². The molecule has 3 aromatic carbocycles. The molecule has 0 aliphatic carbocycles. The monoisotopic (exact) mass is 578 g/mol. The second-order valence-electron chi connectivity index (χ2n) is 8.83. The maximum Gasteiger partial charge on any atom is 0.250 e. The zero-order valence-corrected chi connectivity index (χ0v) is 23.5. The summed E-state index contributed by atoms with van der Waals surface area (Å²) in [4.78, 5) is 12.8. The van der Waals surface area contributed by atoms with E-state index in [4.69, 9.17) is 9.47 Å². The molecule has 0 saturated carbocycles. The lowest BCUT2D eigenvalue weighted by Crippen LogP contribution is -2.52. The van der Waals surface area contributed by atoms with Crippen LogP contribution in [0.5, 0.6) is 11.5 Å². The van der Waals surface area contributed by atoms with E-state index in [9.17, 15) is 23.4 Å². The van der Waals surface area contributed by atoms with Gasteiger partial charge in [-0.2, -0.15) is 0 Å². The Hall–Kier alpha value is -3.15. The minimum absolute atomic E-state index is 0. The fraction of sp³-hybridized carbons (Fsp3) is 0.321. The van der Waals surface area contributed by atoms with E-state index in [0.717, 1.165) is 16.9 Å². The van der Waals surface area contributed by atoms with Crippen LogP contribution in [0.25, 0.3) is 0 Å². The highest BCUT2D eigenvalue weighted by Gasteiger charge is 2.29. The molecule has 9 nitrogen and oxygen atoms in total. The van der Waals surface area contributed by atoms with Crippen LogP contribution in [0.4, 0.5) is 0 Å². The molecule has 0 radical (unpaired) electrons. The maximum atomic E-state index is 12.9. The van der Waals surface area contributed by atoms with Gasteiger partial charge < -0.3 is 30.3 Å². The van der Waals surface area contributed by atoms with Gasteiger partial charge in [0.05, 0.1) is 37.0 Å². The minimum atomic E-state index is -3.98. The molecule has 0 saturated heterocycles. The third-order valence-corrected chi connectivity index (χ3v) is 7.71. The number of carbonyl (C=O) groups excluding carboxylic acids is 1. The van der Waals surface area contributed by atoms with Crippen molar-refractivity contribution in [3.63, 3.8) is 0 Å². The van der Waals surface area contributed by atoms with Gasteiger partial charge in [0, 0.05) is 13.1 Å². The van der Waals surface area contributed by atoms with Gasteiger partial charge in [-0.1, -0.05) is 48.5 Å². The van der Waals surface area contributed by atoms with Crippen molar-refractivity contribution in [2.24, 2.45) is 0 Å². The van der Waals surface area contributed by atoms with Crippen LogP contribution in [0.2, 0.25) is 0 Å². The molecule has 0 aliphatic heterocycles. The Kier molecular flexibility index (Phi) is 12.7. The average Bonchev–Trinajstić information content (AvgIpc) is 2.93. The first-order chi connectivity index (χ1) is 18.2. The molecule has 3 aromatic rings. The summed E-state index contributed by atoms with van der Waals surface area (Å²) < 4.78 is 35.9. The molecule has 39 heavy (non-hydrogen) atoms. The van der Waals surface area contributed by atoms with Crippen molar-refractivity contribution >= 4 is 28.2 Å². The lowest BCUT2D eigenvalue weighted by Gasteiger charge is -2.26. The number of rotatable bonds is 14. The summed E-state index contributed by atoms with van der Waals surface area (Å²) in [5, 5.41) is 27.2. The van der Waals surface area contributed by atoms with E-state index >= 15 is 0 Å². The lowest BCUT2D eigenvalue weighted by molar-refractivity contribution is -0.129. The summed E-state index contributed by atoms with van der Waals surface area (Å²) >= 11 is 0. The van der Waals surface area contributed by atoms with Crippen molar-refractivity contribution in [2.75, 3.05) is 26.5 Å². The van der Waals surface area contributed by atoms with Gasteiger partial charge in [0.2, 0.25) is 5.91 Å². The Labute approximate surface area is 235 Å². The molecular formula is C28H35ClN2O7S. The second-order valence-corrected chi connectivity index (χ2v) is 10.9. The molecule has 0 bridgehead atoms. The fourth-order valence-corrected chi connectivity index (χ4v) is 5.23. The number of carbonyl (C=O) groups is 1. The third-order valence-electron chi connectivity index (χ3n) is 5.99. The summed E-state index contributed by atoms with van der Waals surface area (Å²) in [7, 11) is -0.977. The number of aliphatic hydroxyl groups excluding tert-OH is 2. The molecular weight excluding hydrogens is 544 g/mol. The van der Waals surface area contributed by atoms with E-state index in [1.165, 1.54) is 25.3 Å². The van der Waals surface area contributed by atoms with Gasteiger partial charge in [-0.05, 0) is 47.9 Å². The minimum Gasteiger partial charge on any atom is -0.497 e. The Morgan fingerprint density at radius 3 is 2.15 bits per heavy atom. The van der Waals surface area contributed by atoms with Crippen LogP contribution in [0.15, 0.2) is 83.8 Å². The van der Waals surface area contributed by atoms with Gasteiger partial charge in [-0.3, -0.25) is 4.79 Å². The molecule has 4 N–H and O–H groups in total. The normalized spacial score (nSPS) is 13.4. The zero-order chi connectivity index (χ0) is 27.5. The number of nitrogens with one attached hydrogen (secondary N) is 2. The van der Waals surface area contributed by atoms with Gasteiger partial charge >= 0.3 is 0 Å². The first kappa shape index (κ1) is 32.1. The number of amides is 1. The van der Waals surface area contributed by atoms with Crippen LogP contribution in [-0.4, -0.2) is 69.3 Å². The lowest BCUT2D eigenvalue weighted by atomic mass is 10.0. The van der Waals surface area contributed by atoms with Crippen LogP contribution in [0, 0.1) is 0 Å². The molecule has 0 fully saturated rings. The van der Waals surface area contributed by atoms with Crippen molar-refractivity contribution in [1.82, 2.24) is 10.6 Å². The highest BCUT2D eigenvalue weighted by Crippen LogP contribution is 2.19. The zero-order valence-electron chi connectivity index (χ0n) is 21.8. The van der Waals surface area contributed by atoms with E-state index < -0.39 is 39.7 Å².